The van der Waals surface area contributed by atoms with Crippen molar-refractivity contribution >= 4 is 5.97 Å². The van der Waals surface area contributed by atoms with Crippen molar-refractivity contribution in [2.45, 2.75) is 13.0 Å². The molecule has 0 amide bonds. The van der Waals surface area contributed by atoms with Crippen LogP contribution < -0.4 is 10.1 Å². The van der Waals surface area contributed by atoms with E-state index in [1.165, 1.54) is 35.1 Å². The number of ether oxygens (including phenoxy) is 1. The van der Waals surface area contributed by atoms with E-state index in [4.69, 9.17) is 4.74 Å². The molecule has 0 fully saturated rings. The zero-order valence-electron chi connectivity index (χ0n) is 14.7. The predicted molar refractivity (Wildman–Crippen MR) is 96.7 cm³/mol. The van der Waals surface area contributed by atoms with E-state index >= 15 is 0 Å². The molecule has 0 aliphatic heterocycles. The molecule has 3 aromatic rings. The number of rotatable bonds is 8. The van der Waals surface area contributed by atoms with Crippen LogP contribution in [0.4, 0.5) is 4.39 Å². The van der Waals surface area contributed by atoms with Gasteiger partial charge in [-0.05, 0) is 49.8 Å². The molecule has 0 bridgehead atoms. The van der Waals surface area contributed by atoms with Gasteiger partial charge in [-0.25, -0.2) is 14.2 Å². The molecule has 0 aliphatic rings. The lowest BCUT2D eigenvalue weighted by molar-refractivity contribution is 0.0696. The molecule has 0 aliphatic carbocycles. The lowest BCUT2D eigenvalue weighted by atomic mass is 10.2. The Morgan fingerprint density at radius 1 is 1.30 bits per heavy atom. The number of benzene rings is 1. The fraction of sp³-hybridized carbons (Fsp3) is 0.211. The Balaban J connectivity index is 1.91. The summed E-state index contributed by atoms with van der Waals surface area (Å²) in [6.07, 6.45) is 3.76. The van der Waals surface area contributed by atoms with E-state index in [0.717, 1.165) is 17.7 Å². The molecule has 7 nitrogen and oxygen atoms in total. The van der Waals surface area contributed by atoms with Gasteiger partial charge in [0.2, 0.25) is 5.88 Å². The minimum absolute atomic E-state index is 0.108. The number of carboxylic acid groups (broad SMARTS) is 1. The van der Waals surface area contributed by atoms with Crippen LogP contribution in [0.5, 0.6) is 5.88 Å². The summed E-state index contributed by atoms with van der Waals surface area (Å²) in [4.78, 5) is 15.4. The van der Waals surface area contributed by atoms with Gasteiger partial charge in [0.15, 0.2) is 5.82 Å². The van der Waals surface area contributed by atoms with Gasteiger partial charge in [0.1, 0.15) is 12.4 Å². The van der Waals surface area contributed by atoms with Gasteiger partial charge in [-0.1, -0.05) is 12.1 Å². The van der Waals surface area contributed by atoms with Crippen LogP contribution in [0.2, 0.25) is 0 Å². The molecular formula is C19H19FN4O3. The molecule has 27 heavy (non-hydrogen) atoms. The van der Waals surface area contributed by atoms with Gasteiger partial charge in [0.25, 0.3) is 0 Å². The number of hydrogen-bond acceptors (Lipinski definition) is 5. The van der Waals surface area contributed by atoms with Crippen molar-refractivity contribution in [2.75, 3.05) is 13.6 Å². The second-order valence-electron chi connectivity index (χ2n) is 5.86. The Labute approximate surface area is 155 Å². The predicted octanol–water partition coefficient (Wildman–Crippen LogP) is 2.45. The number of halogens is 1. The molecule has 0 unspecified atom stereocenters. The summed E-state index contributed by atoms with van der Waals surface area (Å²) in [6, 6.07) is 8.88. The Hall–Kier alpha value is -3.26. The minimum atomic E-state index is -1.05. The van der Waals surface area contributed by atoms with E-state index in [1.54, 1.807) is 18.3 Å². The zero-order valence-corrected chi connectivity index (χ0v) is 14.7. The molecule has 0 saturated heterocycles. The number of aromatic nitrogens is 3. The fourth-order valence-corrected chi connectivity index (χ4v) is 2.52. The Morgan fingerprint density at radius 3 is 2.78 bits per heavy atom. The van der Waals surface area contributed by atoms with E-state index in [2.05, 4.69) is 15.4 Å². The topological polar surface area (TPSA) is 89.3 Å². The van der Waals surface area contributed by atoms with Crippen LogP contribution in [0.3, 0.4) is 0 Å². The Morgan fingerprint density at radius 2 is 2.07 bits per heavy atom. The lowest BCUT2D eigenvalue weighted by Gasteiger charge is -2.11. The number of carboxylic acids is 1. The smallest absolute Gasteiger partial charge is 0.335 e. The van der Waals surface area contributed by atoms with Crippen molar-refractivity contribution in [3.05, 3.63) is 71.3 Å². The van der Waals surface area contributed by atoms with E-state index in [-0.39, 0.29) is 18.0 Å². The van der Waals surface area contributed by atoms with Crippen LogP contribution >= 0.6 is 0 Å². The molecular weight excluding hydrogens is 351 g/mol. The first-order chi connectivity index (χ1) is 13.1. The summed E-state index contributed by atoms with van der Waals surface area (Å²) < 4.78 is 20.5. The normalized spacial score (nSPS) is 10.7. The third-order valence-electron chi connectivity index (χ3n) is 3.94. The molecule has 0 saturated carbocycles. The standard InChI is InChI=1S/C19H19FN4O3/c1-21-8-6-15-11-23-24(17-10-14(19(25)26)7-9-22-17)18(15)27-12-13-2-4-16(20)5-3-13/h2-5,7,9-11,21H,6,8,12H2,1H3,(H,25,26). The van der Waals surface area contributed by atoms with Crippen LogP contribution in [0.1, 0.15) is 21.5 Å². The maximum atomic E-state index is 13.1. The zero-order chi connectivity index (χ0) is 19.2. The van der Waals surface area contributed by atoms with Crippen LogP contribution in [0.25, 0.3) is 5.82 Å². The summed E-state index contributed by atoms with van der Waals surface area (Å²) >= 11 is 0. The van der Waals surface area contributed by atoms with Crippen LogP contribution in [0.15, 0.2) is 48.8 Å². The van der Waals surface area contributed by atoms with Crippen molar-refractivity contribution in [1.82, 2.24) is 20.1 Å². The van der Waals surface area contributed by atoms with Gasteiger partial charge in [-0.3, -0.25) is 0 Å². The molecule has 2 heterocycles. The highest BCUT2D eigenvalue weighted by Gasteiger charge is 2.16. The van der Waals surface area contributed by atoms with Gasteiger partial charge in [-0.15, -0.1) is 0 Å². The highest BCUT2D eigenvalue weighted by atomic mass is 19.1. The average molecular weight is 370 g/mol. The number of nitrogens with zero attached hydrogens (tertiary/aromatic N) is 3. The van der Waals surface area contributed by atoms with Crippen molar-refractivity contribution < 1.29 is 19.0 Å². The second-order valence-corrected chi connectivity index (χ2v) is 5.86. The number of nitrogens with one attached hydrogen (secondary N) is 1. The van der Waals surface area contributed by atoms with E-state index < -0.39 is 5.97 Å². The van der Waals surface area contributed by atoms with Crippen LogP contribution in [-0.4, -0.2) is 39.4 Å². The summed E-state index contributed by atoms with van der Waals surface area (Å²) in [7, 11) is 1.85. The van der Waals surface area contributed by atoms with E-state index in [1.807, 2.05) is 7.05 Å². The second kappa shape index (κ2) is 8.41. The third kappa shape index (κ3) is 4.48. The van der Waals surface area contributed by atoms with Gasteiger partial charge in [0, 0.05) is 11.8 Å². The van der Waals surface area contributed by atoms with Crippen molar-refractivity contribution in [3.63, 3.8) is 0 Å². The SMILES string of the molecule is CNCCc1cnn(-c2cc(C(=O)O)ccn2)c1OCc1ccc(F)cc1. The summed E-state index contributed by atoms with van der Waals surface area (Å²) in [5, 5.41) is 16.6. The van der Waals surface area contributed by atoms with E-state index in [9.17, 15) is 14.3 Å². The van der Waals surface area contributed by atoms with Crippen LogP contribution in [0, 0.1) is 5.82 Å². The van der Waals surface area contributed by atoms with Crippen molar-refractivity contribution in [2.24, 2.45) is 0 Å². The first-order valence-corrected chi connectivity index (χ1v) is 8.37. The maximum Gasteiger partial charge on any atom is 0.335 e. The number of hydrogen-bond donors (Lipinski definition) is 2. The van der Waals surface area contributed by atoms with Crippen LogP contribution in [-0.2, 0) is 13.0 Å². The summed E-state index contributed by atoms with van der Waals surface area (Å²) in [6.45, 7) is 0.943. The number of carbonyl (C=O) groups is 1. The highest BCUT2D eigenvalue weighted by molar-refractivity contribution is 5.87. The molecule has 2 aromatic heterocycles. The van der Waals surface area contributed by atoms with E-state index in [0.29, 0.717) is 18.1 Å². The number of likely N-dealkylation sites (N-methyl/N-ethyl adjacent to an activating group) is 1. The lowest BCUT2D eigenvalue weighted by Crippen LogP contribution is -2.12. The van der Waals surface area contributed by atoms with Crippen molar-refractivity contribution in [3.8, 4) is 11.7 Å². The first-order valence-electron chi connectivity index (χ1n) is 8.37. The quantitative estimate of drug-likeness (QED) is 0.633. The van der Waals surface area contributed by atoms with Gasteiger partial charge in [0.05, 0.1) is 11.8 Å². The maximum absolute atomic E-state index is 13.1. The minimum Gasteiger partial charge on any atom is -0.478 e. The summed E-state index contributed by atoms with van der Waals surface area (Å²) in [5.74, 6) is -0.535. The van der Waals surface area contributed by atoms with Gasteiger partial charge < -0.3 is 15.2 Å². The number of pyridine rings is 1. The Bertz CT molecular complexity index is 925. The molecule has 2 N–H and O–H groups in total. The molecule has 3 rings (SSSR count). The van der Waals surface area contributed by atoms with Crippen molar-refractivity contribution in [1.29, 1.82) is 0 Å². The number of aromatic carboxylic acids is 1. The highest BCUT2D eigenvalue weighted by Crippen LogP contribution is 2.24. The molecule has 140 valence electrons. The molecule has 1 aromatic carbocycles. The molecule has 0 radical (unpaired) electrons. The molecule has 8 heteroatoms. The largest absolute Gasteiger partial charge is 0.478 e. The fourth-order valence-electron chi connectivity index (χ4n) is 2.52. The molecule has 0 spiro atoms. The van der Waals surface area contributed by atoms with Gasteiger partial charge >= 0.3 is 5.97 Å². The third-order valence-corrected chi connectivity index (χ3v) is 3.94. The Kier molecular flexibility index (Phi) is 5.77. The molecule has 0 atom stereocenters. The van der Waals surface area contributed by atoms with Gasteiger partial charge in [-0.2, -0.15) is 9.78 Å². The summed E-state index contributed by atoms with van der Waals surface area (Å²) in [5.41, 5.74) is 1.77. The monoisotopic (exact) mass is 370 g/mol. The average Bonchev–Trinajstić information content (AvgIpc) is 3.08. The first kappa shape index (κ1) is 18.5.